The molecule has 1 aromatic heterocycles. The lowest BCUT2D eigenvalue weighted by molar-refractivity contribution is -0.133. The van der Waals surface area contributed by atoms with Gasteiger partial charge in [-0.1, -0.05) is 31.4 Å². The van der Waals surface area contributed by atoms with Gasteiger partial charge in [0.15, 0.2) is 0 Å². The first-order valence-electron chi connectivity index (χ1n) is 10.9. The van der Waals surface area contributed by atoms with E-state index >= 15 is 0 Å². The summed E-state index contributed by atoms with van der Waals surface area (Å²) in [5.74, 6) is 2.21. The van der Waals surface area contributed by atoms with Crippen molar-refractivity contribution in [3.8, 4) is 0 Å². The summed E-state index contributed by atoms with van der Waals surface area (Å²) < 4.78 is 19.0. The summed E-state index contributed by atoms with van der Waals surface area (Å²) >= 11 is 0. The average molecular weight is 400 g/mol. The van der Waals surface area contributed by atoms with E-state index in [-0.39, 0.29) is 23.6 Å². The molecule has 0 radical (unpaired) electrons. The number of halogens is 1. The molecule has 1 saturated carbocycles. The zero-order chi connectivity index (χ0) is 20.2. The highest BCUT2D eigenvalue weighted by molar-refractivity contribution is 5.77. The van der Waals surface area contributed by atoms with E-state index in [1.807, 2.05) is 17.0 Å². The predicted octanol–water partition coefficient (Wildman–Crippen LogP) is 4.98. The molecular weight excluding hydrogens is 369 g/mol. The van der Waals surface area contributed by atoms with Gasteiger partial charge >= 0.3 is 0 Å². The smallest absolute Gasteiger partial charge is 0.223 e. The van der Waals surface area contributed by atoms with Crippen molar-refractivity contribution in [1.29, 1.82) is 0 Å². The van der Waals surface area contributed by atoms with E-state index in [4.69, 9.17) is 4.42 Å². The third-order valence-corrected chi connectivity index (χ3v) is 6.65. The predicted molar refractivity (Wildman–Crippen MR) is 108 cm³/mol. The Labute approximate surface area is 171 Å². The molecule has 156 valence electrons. The van der Waals surface area contributed by atoms with Crippen LogP contribution in [0.15, 0.2) is 28.7 Å². The largest absolute Gasteiger partial charge is 0.425 e. The molecule has 1 saturated heterocycles. The first kappa shape index (κ1) is 20.0. The number of benzene rings is 1. The molecule has 2 fully saturated rings. The molecule has 0 N–H and O–H groups in total. The van der Waals surface area contributed by atoms with Crippen molar-refractivity contribution < 1.29 is 13.6 Å². The van der Waals surface area contributed by atoms with Crippen LogP contribution in [0.25, 0.3) is 0 Å². The number of rotatable bonds is 5. The molecule has 1 aromatic carbocycles. The molecule has 5 nitrogen and oxygen atoms in total. The Morgan fingerprint density at radius 3 is 2.41 bits per heavy atom. The Morgan fingerprint density at radius 1 is 1.10 bits per heavy atom. The van der Waals surface area contributed by atoms with Gasteiger partial charge in [-0.25, -0.2) is 4.39 Å². The minimum absolute atomic E-state index is 0.180. The summed E-state index contributed by atoms with van der Waals surface area (Å²) in [6.07, 6.45) is 8.29. The lowest BCUT2D eigenvalue weighted by Crippen LogP contribution is -2.39. The van der Waals surface area contributed by atoms with Crippen LogP contribution in [-0.2, 0) is 4.79 Å². The van der Waals surface area contributed by atoms with Crippen LogP contribution in [0.3, 0.4) is 0 Å². The molecule has 0 spiro atoms. The normalized spacial score (nSPS) is 20.0. The number of nitrogens with zero attached hydrogens (tertiary/aromatic N) is 3. The second kappa shape index (κ2) is 9.06. The van der Waals surface area contributed by atoms with Gasteiger partial charge in [-0.2, -0.15) is 0 Å². The maximum absolute atomic E-state index is 13.4. The SMILES string of the molecule is Cc1nnc(C2CCN(C(=O)CC(c3ccc(F)cc3)C3CCCCC3)CC2)o1. The molecule has 6 heteroatoms. The zero-order valence-electron chi connectivity index (χ0n) is 17.1. The van der Waals surface area contributed by atoms with Gasteiger partial charge in [0.2, 0.25) is 17.7 Å². The minimum atomic E-state index is -0.221. The number of hydrogen-bond acceptors (Lipinski definition) is 4. The topological polar surface area (TPSA) is 59.2 Å². The second-order valence-corrected chi connectivity index (χ2v) is 8.57. The molecule has 1 atom stereocenters. The third kappa shape index (κ3) is 4.85. The average Bonchev–Trinajstić information content (AvgIpc) is 3.20. The van der Waals surface area contributed by atoms with Gasteiger partial charge in [-0.3, -0.25) is 4.79 Å². The zero-order valence-corrected chi connectivity index (χ0v) is 17.1. The van der Waals surface area contributed by atoms with Gasteiger partial charge in [0.25, 0.3) is 0 Å². The number of piperidine rings is 1. The van der Waals surface area contributed by atoms with E-state index in [1.54, 1.807) is 6.92 Å². The molecule has 1 aliphatic heterocycles. The van der Waals surface area contributed by atoms with E-state index in [2.05, 4.69) is 10.2 Å². The Morgan fingerprint density at radius 2 is 1.79 bits per heavy atom. The minimum Gasteiger partial charge on any atom is -0.425 e. The maximum atomic E-state index is 13.4. The van der Waals surface area contributed by atoms with Crippen molar-refractivity contribution in [3.05, 3.63) is 47.4 Å². The van der Waals surface area contributed by atoms with Gasteiger partial charge in [0, 0.05) is 32.4 Å². The van der Waals surface area contributed by atoms with Gasteiger partial charge in [-0.05, 0) is 55.2 Å². The van der Waals surface area contributed by atoms with E-state index in [9.17, 15) is 9.18 Å². The van der Waals surface area contributed by atoms with Crippen molar-refractivity contribution in [2.45, 2.75) is 70.1 Å². The number of amides is 1. The Hall–Kier alpha value is -2.24. The standard InChI is InChI=1S/C23H30FN3O2/c1-16-25-26-23(29-16)19-11-13-27(14-12-19)22(28)15-21(17-5-3-2-4-6-17)18-7-9-20(24)10-8-18/h7-10,17,19,21H,2-6,11-15H2,1H3. The lowest BCUT2D eigenvalue weighted by Gasteiger charge is -2.34. The maximum Gasteiger partial charge on any atom is 0.223 e. The highest BCUT2D eigenvalue weighted by atomic mass is 19.1. The van der Waals surface area contributed by atoms with Gasteiger partial charge in [0.1, 0.15) is 5.82 Å². The molecular formula is C23H30FN3O2. The third-order valence-electron chi connectivity index (χ3n) is 6.65. The summed E-state index contributed by atoms with van der Waals surface area (Å²) in [6.45, 7) is 3.26. The molecule has 4 rings (SSSR count). The first-order valence-corrected chi connectivity index (χ1v) is 10.9. The first-order chi connectivity index (χ1) is 14.1. The van der Waals surface area contributed by atoms with E-state index in [1.165, 1.54) is 31.4 Å². The van der Waals surface area contributed by atoms with Crippen LogP contribution in [0.2, 0.25) is 0 Å². The summed E-state index contributed by atoms with van der Waals surface area (Å²) in [5.41, 5.74) is 1.10. The quantitative estimate of drug-likeness (QED) is 0.712. The fourth-order valence-corrected chi connectivity index (χ4v) is 4.97. The summed E-state index contributed by atoms with van der Waals surface area (Å²) in [7, 11) is 0. The number of carbonyl (C=O) groups excluding carboxylic acids is 1. The molecule has 2 aromatic rings. The van der Waals surface area contributed by atoms with Gasteiger partial charge in [-0.15, -0.1) is 10.2 Å². The lowest BCUT2D eigenvalue weighted by atomic mass is 9.75. The van der Waals surface area contributed by atoms with Crippen LogP contribution in [0.1, 0.15) is 80.5 Å². The van der Waals surface area contributed by atoms with Crippen LogP contribution < -0.4 is 0 Å². The van der Waals surface area contributed by atoms with E-state index < -0.39 is 0 Å². The van der Waals surface area contributed by atoms with Crippen molar-refractivity contribution in [2.24, 2.45) is 5.92 Å². The Kier molecular flexibility index (Phi) is 6.26. The number of carbonyl (C=O) groups is 1. The fraction of sp³-hybridized carbons (Fsp3) is 0.609. The summed E-state index contributed by atoms with van der Waals surface area (Å²) in [5, 5.41) is 8.07. The fourth-order valence-electron chi connectivity index (χ4n) is 4.97. The van der Waals surface area contributed by atoms with Gasteiger partial charge in [0.05, 0.1) is 0 Å². The molecule has 29 heavy (non-hydrogen) atoms. The Bertz CT molecular complexity index is 806. The van der Waals surface area contributed by atoms with E-state index in [0.29, 0.717) is 24.1 Å². The molecule has 1 amide bonds. The van der Waals surface area contributed by atoms with E-state index in [0.717, 1.165) is 44.3 Å². The number of aryl methyl sites for hydroxylation is 1. The van der Waals surface area contributed by atoms with Gasteiger partial charge < -0.3 is 9.32 Å². The molecule has 0 bridgehead atoms. The van der Waals surface area contributed by atoms with Crippen LogP contribution >= 0.6 is 0 Å². The van der Waals surface area contributed by atoms with Crippen molar-refractivity contribution >= 4 is 5.91 Å². The van der Waals surface area contributed by atoms with Crippen LogP contribution in [0.5, 0.6) is 0 Å². The number of likely N-dealkylation sites (tertiary alicyclic amines) is 1. The van der Waals surface area contributed by atoms with Crippen molar-refractivity contribution in [3.63, 3.8) is 0 Å². The number of hydrogen-bond donors (Lipinski definition) is 0. The molecule has 1 unspecified atom stereocenters. The molecule has 2 heterocycles. The monoisotopic (exact) mass is 399 g/mol. The van der Waals surface area contributed by atoms with Crippen LogP contribution in [-0.4, -0.2) is 34.1 Å². The van der Waals surface area contributed by atoms with Crippen LogP contribution in [0.4, 0.5) is 4.39 Å². The second-order valence-electron chi connectivity index (χ2n) is 8.57. The van der Waals surface area contributed by atoms with Crippen LogP contribution in [0, 0.1) is 18.7 Å². The molecule has 1 aliphatic carbocycles. The Balaban J connectivity index is 1.40. The van der Waals surface area contributed by atoms with Crippen molar-refractivity contribution in [1.82, 2.24) is 15.1 Å². The summed E-state index contributed by atoms with van der Waals surface area (Å²) in [4.78, 5) is 15.1. The summed E-state index contributed by atoms with van der Waals surface area (Å²) in [6, 6.07) is 6.78. The number of aromatic nitrogens is 2. The highest BCUT2D eigenvalue weighted by Gasteiger charge is 2.31. The molecule has 2 aliphatic rings. The highest BCUT2D eigenvalue weighted by Crippen LogP contribution is 2.39. The van der Waals surface area contributed by atoms with Crippen molar-refractivity contribution in [2.75, 3.05) is 13.1 Å².